The lowest BCUT2D eigenvalue weighted by atomic mass is 10.1. The van der Waals surface area contributed by atoms with E-state index >= 15 is 0 Å². The summed E-state index contributed by atoms with van der Waals surface area (Å²) in [7, 11) is 0. The summed E-state index contributed by atoms with van der Waals surface area (Å²) in [6.07, 6.45) is 0. The number of carbonyl (C=O) groups excluding carboxylic acids is 2. The van der Waals surface area contributed by atoms with E-state index in [9.17, 15) is 9.59 Å². The van der Waals surface area contributed by atoms with E-state index in [4.69, 9.17) is 9.47 Å². The first-order valence-electron chi connectivity index (χ1n) is 10.9. The molecule has 168 valence electrons. The SMILES string of the molecule is CC(CNC(=O)COc1ccc2ccccc2c1)NC(=O)COc1ccc2ccccc2c1. The van der Waals surface area contributed by atoms with Gasteiger partial charge in [-0.3, -0.25) is 9.59 Å². The maximum absolute atomic E-state index is 12.2. The van der Waals surface area contributed by atoms with E-state index < -0.39 is 0 Å². The molecule has 0 saturated carbocycles. The van der Waals surface area contributed by atoms with Crippen LogP contribution in [0.3, 0.4) is 0 Å². The van der Waals surface area contributed by atoms with E-state index in [-0.39, 0.29) is 31.1 Å². The molecular weight excluding hydrogens is 416 g/mol. The van der Waals surface area contributed by atoms with E-state index in [2.05, 4.69) is 10.6 Å². The molecule has 0 aliphatic heterocycles. The molecule has 1 unspecified atom stereocenters. The third kappa shape index (κ3) is 6.23. The van der Waals surface area contributed by atoms with Crippen LogP contribution in [0, 0.1) is 0 Å². The van der Waals surface area contributed by atoms with Crippen molar-refractivity contribution in [3.63, 3.8) is 0 Å². The Balaban J connectivity index is 1.16. The number of carbonyl (C=O) groups is 2. The topological polar surface area (TPSA) is 76.7 Å². The highest BCUT2D eigenvalue weighted by molar-refractivity contribution is 5.85. The molecule has 33 heavy (non-hydrogen) atoms. The van der Waals surface area contributed by atoms with Gasteiger partial charge in [-0.2, -0.15) is 0 Å². The Hall–Kier alpha value is -4.06. The molecule has 0 saturated heterocycles. The van der Waals surface area contributed by atoms with Crippen LogP contribution in [-0.4, -0.2) is 37.6 Å². The molecule has 6 nitrogen and oxygen atoms in total. The number of ether oxygens (including phenoxy) is 2. The van der Waals surface area contributed by atoms with Crippen LogP contribution in [0.5, 0.6) is 11.5 Å². The number of amides is 2. The van der Waals surface area contributed by atoms with Gasteiger partial charge in [0.25, 0.3) is 11.8 Å². The van der Waals surface area contributed by atoms with Crippen molar-refractivity contribution in [3.05, 3.63) is 84.9 Å². The fraction of sp³-hybridized carbons (Fsp3) is 0.185. The van der Waals surface area contributed by atoms with Gasteiger partial charge in [-0.15, -0.1) is 0 Å². The predicted molar refractivity (Wildman–Crippen MR) is 130 cm³/mol. The van der Waals surface area contributed by atoms with Crippen LogP contribution in [0.25, 0.3) is 21.5 Å². The average molecular weight is 443 g/mol. The largest absolute Gasteiger partial charge is 0.484 e. The van der Waals surface area contributed by atoms with Gasteiger partial charge in [0, 0.05) is 12.6 Å². The molecule has 0 aromatic heterocycles. The van der Waals surface area contributed by atoms with Crippen LogP contribution in [-0.2, 0) is 9.59 Å². The van der Waals surface area contributed by atoms with Crippen molar-refractivity contribution in [2.24, 2.45) is 0 Å². The summed E-state index contributed by atoms with van der Waals surface area (Å²) in [5.74, 6) is 0.765. The Kier molecular flexibility index (Phi) is 7.05. The molecule has 0 bridgehead atoms. The van der Waals surface area contributed by atoms with Gasteiger partial charge in [0.2, 0.25) is 0 Å². The molecule has 0 aliphatic rings. The Bertz CT molecular complexity index is 1270. The van der Waals surface area contributed by atoms with Crippen molar-refractivity contribution in [1.29, 1.82) is 0 Å². The lowest BCUT2D eigenvalue weighted by Crippen LogP contribution is -2.44. The first kappa shape index (κ1) is 22.1. The molecule has 0 aliphatic carbocycles. The quantitative estimate of drug-likeness (QED) is 0.410. The summed E-state index contributed by atoms with van der Waals surface area (Å²) in [6.45, 7) is 1.92. The fourth-order valence-corrected chi connectivity index (χ4v) is 3.50. The summed E-state index contributed by atoms with van der Waals surface area (Å²) >= 11 is 0. The number of nitrogens with one attached hydrogen (secondary N) is 2. The third-order valence-corrected chi connectivity index (χ3v) is 5.19. The number of hydrogen-bond donors (Lipinski definition) is 2. The zero-order valence-electron chi connectivity index (χ0n) is 18.4. The van der Waals surface area contributed by atoms with Gasteiger partial charge in [-0.05, 0) is 52.7 Å². The Morgan fingerprint density at radius 2 is 1.18 bits per heavy atom. The highest BCUT2D eigenvalue weighted by Gasteiger charge is 2.11. The summed E-state index contributed by atoms with van der Waals surface area (Å²) in [5, 5.41) is 9.92. The van der Waals surface area contributed by atoms with Crippen LogP contribution in [0.4, 0.5) is 0 Å². The van der Waals surface area contributed by atoms with Crippen LogP contribution in [0.2, 0.25) is 0 Å². The summed E-state index contributed by atoms with van der Waals surface area (Å²) in [6, 6.07) is 27.1. The lowest BCUT2D eigenvalue weighted by molar-refractivity contribution is -0.125. The van der Waals surface area contributed by atoms with Crippen molar-refractivity contribution in [2.75, 3.05) is 19.8 Å². The Morgan fingerprint density at radius 3 is 1.73 bits per heavy atom. The fourth-order valence-electron chi connectivity index (χ4n) is 3.50. The molecule has 1 atom stereocenters. The molecule has 0 radical (unpaired) electrons. The molecule has 0 fully saturated rings. The molecule has 4 aromatic carbocycles. The van der Waals surface area contributed by atoms with Crippen molar-refractivity contribution in [2.45, 2.75) is 13.0 Å². The number of hydrogen-bond acceptors (Lipinski definition) is 4. The third-order valence-electron chi connectivity index (χ3n) is 5.19. The molecule has 2 amide bonds. The van der Waals surface area contributed by atoms with Crippen molar-refractivity contribution in [1.82, 2.24) is 10.6 Å². The van der Waals surface area contributed by atoms with Gasteiger partial charge >= 0.3 is 0 Å². The summed E-state index contributed by atoms with van der Waals surface area (Å²) < 4.78 is 11.2. The second kappa shape index (κ2) is 10.5. The monoisotopic (exact) mass is 442 g/mol. The van der Waals surface area contributed by atoms with E-state index in [1.807, 2.05) is 91.9 Å². The van der Waals surface area contributed by atoms with Gasteiger partial charge in [0.1, 0.15) is 11.5 Å². The minimum atomic E-state index is -0.253. The smallest absolute Gasteiger partial charge is 0.258 e. The van der Waals surface area contributed by atoms with Gasteiger partial charge in [0.05, 0.1) is 0 Å². The summed E-state index contributed by atoms with van der Waals surface area (Å²) in [5.41, 5.74) is 0. The summed E-state index contributed by atoms with van der Waals surface area (Å²) in [4.78, 5) is 24.3. The second-order valence-corrected chi connectivity index (χ2v) is 7.87. The number of fused-ring (bicyclic) bond motifs is 2. The Labute approximate surface area is 192 Å². The van der Waals surface area contributed by atoms with Gasteiger partial charge in [0.15, 0.2) is 13.2 Å². The normalized spacial score (nSPS) is 11.7. The first-order valence-corrected chi connectivity index (χ1v) is 10.9. The van der Waals surface area contributed by atoms with Crippen LogP contribution < -0.4 is 20.1 Å². The Morgan fingerprint density at radius 1 is 0.697 bits per heavy atom. The number of benzene rings is 4. The zero-order chi connectivity index (χ0) is 23.0. The van der Waals surface area contributed by atoms with Crippen LogP contribution in [0.1, 0.15) is 6.92 Å². The van der Waals surface area contributed by atoms with E-state index in [0.717, 1.165) is 21.5 Å². The first-order chi connectivity index (χ1) is 16.1. The van der Waals surface area contributed by atoms with E-state index in [0.29, 0.717) is 18.0 Å². The molecular formula is C27H26N2O4. The zero-order valence-corrected chi connectivity index (χ0v) is 18.4. The van der Waals surface area contributed by atoms with E-state index in [1.165, 1.54) is 0 Å². The average Bonchev–Trinajstić information content (AvgIpc) is 2.84. The minimum Gasteiger partial charge on any atom is -0.484 e. The molecule has 4 rings (SSSR count). The van der Waals surface area contributed by atoms with Gasteiger partial charge in [-0.25, -0.2) is 0 Å². The van der Waals surface area contributed by atoms with Gasteiger partial charge in [-0.1, -0.05) is 60.7 Å². The molecule has 4 aromatic rings. The standard InChI is InChI=1S/C27H26N2O4/c1-19(29-27(31)18-33-25-13-11-21-7-3-5-9-23(21)15-25)16-28-26(30)17-32-24-12-10-20-6-2-4-8-22(20)14-24/h2-15,19H,16-18H2,1H3,(H,28,30)(H,29,31). The van der Waals surface area contributed by atoms with Gasteiger partial charge < -0.3 is 20.1 Å². The number of rotatable bonds is 9. The minimum absolute atomic E-state index is 0.0932. The molecule has 2 N–H and O–H groups in total. The van der Waals surface area contributed by atoms with Crippen LogP contribution >= 0.6 is 0 Å². The van der Waals surface area contributed by atoms with E-state index in [1.54, 1.807) is 0 Å². The van der Waals surface area contributed by atoms with Crippen molar-refractivity contribution < 1.29 is 19.1 Å². The van der Waals surface area contributed by atoms with Crippen molar-refractivity contribution >= 4 is 33.4 Å². The molecule has 6 heteroatoms. The molecule has 0 spiro atoms. The van der Waals surface area contributed by atoms with Crippen molar-refractivity contribution in [3.8, 4) is 11.5 Å². The highest BCUT2D eigenvalue weighted by atomic mass is 16.5. The van der Waals surface area contributed by atoms with Crippen LogP contribution in [0.15, 0.2) is 84.9 Å². The second-order valence-electron chi connectivity index (χ2n) is 7.87. The molecule has 0 heterocycles. The maximum atomic E-state index is 12.2. The highest BCUT2D eigenvalue weighted by Crippen LogP contribution is 2.21. The maximum Gasteiger partial charge on any atom is 0.258 e. The predicted octanol–water partition coefficient (Wildman–Crippen LogP) is 4.07. The lowest BCUT2D eigenvalue weighted by Gasteiger charge is -2.15.